The third-order valence-corrected chi connectivity index (χ3v) is 11.3. The molecule has 1 heteroatoms. The summed E-state index contributed by atoms with van der Waals surface area (Å²) in [5.74, 6) is 6.04. The quantitative estimate of drug-likeness (QED) is 0.659. The van der Waals surface area contributed by atoms with Crippen LogP contribution in [0.1, 0.15) is 85.5 Å². The molecule has 5 rings (SSSR count). The molecule has 0 amide bonds. The Hall–Kier alpha value is -0.0400. The molecular weight excluding hydrogens is 302 g/mol. The molecular formula is C24H41N. The first kappa shape index (κ1) is 17.1. The fourth-order valence-electron chi connectivity index (χ4n) is 10.3. The van der Waals surface area contributed by atoms with Crippen LogP contribution in [-0.2, 0) is 0 Å². The number of hydrogen-bond acceptors (Lipinski definition) is 1. The number of fused-ring (bicyclic) bond motifs is 2. The zero-order valence-corrected chi connectivity index (χ0v) is 17.4. The molecule has 0 saturated heterocycles. The van der Waals surface area contributed by atoms with Gasteiger partial charge in [0.25, 0.3) is 0 Å². The summed E-state index contributed by atoms with van der Waals surface area (Å²) < 4.78 is 0. The van der Waals surface area contributed by atoms with Crippen molar-refractivity contribution in [1.29, 1.82) is 0 Å². The Kier molecular flexibility index (Phi) is 3.60. The molecule has 0 aromatic rings. The zero-order valence-electron chi connectivity index (χ0n) is 17.4. The summed E-state index contributed by atoms with van der Waals surface area (Å²) in [5.41, 5.74) is 2.24. The molecule has 1 N–H and O–H groups in total. The second-order valence-corrected chi connectivity index (χ2v) is 11.4. The average Bonchev–Trinajstić information content (AvgIpc) is 3.18. The molecule has 25 heavy (non-hydrogen) atoms. The van der Waals surface area contributed by atoms with Crippen LogP contribution in [0.5, 0.6) is 0 Å². The van der Waals surface area contributed by atoms with E-state index in [4.69, 9.17) is 0 Å². The van der Waals surface area contributed by atoms with Crippen molar-refractivity contribution in [3.05, 3.63) is 0 Å². The molecule has 0 aromatic carbocycles. The van der Waals surface area contributed by atoms with Crippen LogP contribution in [0.4, 0.5) is 0 Å². The van der Waals surface area contributed by atoms with E-state index in [-0.39, 0.29) is 0 Å². The first-order valence-corrected chi connectivity index (χ1v) is 11.6. The minimum absolute atomic E-state index is 0.675. The van der Waals surface area contributed by atoms with E-state index in [1.807, 2.05) is 0 Å². The molecule has 2 spiro atoms. The lowest BCUT2D eigenvalue weighted by molar-refractivity contribution is -0.0791. The summed E-state index contributed by atoms with van der Waals surface area (Å²) in [4.78, 5) is 0. The van der Waals surface area contributed by atoms with Crippen LogP contribution in [0.25, 0.3) is 0 Å². The lowest BCUT2D eigenvalue weighted by Gasteiger charge is -2.57. The molecule has 5 aliphatic rings. The molecule has 10 atom stereocenters. The summed E-state index contributed by atoms with van der Waals surface area (Å²) >= 11 is 0. The molecule has 5 aliphatic carbocycles. The molecule has 0 radical (unpaired) electrons. The predicted molar refractivity (Wildman–Crippen MR) is 105 cm³/mol. The lowest BCUT2D eigenvalue weighted by atomic mass is 9.48. The molecule has 1 nitrogen and oxygen atoms in total. The Balaban J connectivity index is 1.47. The third kappa shape index (κ3) is 1.85. The van der Waals surface area contributed by atoms with Gasteiger partial charge in [-0.25, -0.2) is 0 Å². The van der Waals surface area contributed by atoms with E-state index in [2.05, 4.69) is 40.1 Å². The monoisotopic (exact) mass is 343 g/mol. The Morgan fingerprint density at radius 1 is 0.920 bits per heavy atom. The summed E-state index contributed by atoms with van der Waals surface area (Å²) in [6, 6.07) is 0.787. The topological polar surface area (TPSA) is 12.0 Å². The maximum absolute atomic E-state index is 3.65. The molecule has 142 valence electrons. The van der Waals surface area contributed by atoms with Gasteiger partial charge in [0.2, 0.25) is 0 Å². The smallest absolute Gasteiger partial charge is 0.00927 e. The van der Waals surface area contributed by atoms with Crippen LogP contribution in [0.2, 0.25) is 0 Å². The van der Waals surface area contributed by atoms with E-state index in [1.54, 1.807) is 44.9 Å². The number of rotatable bonds is 2. The first-order chi connectivity index (χ1) is 11.9. The maximum atomic E-state index is 3.65. The highest BCUT2D eigenvalue weighted by atomic mass is 14.9. The van der Waals surface area contributed by atoms with Crippen molar-refractivity contribution < 1.29 is 0 Å². The van der Waals surface area contributed by atoms with Crippen molar-refractivity contribution in [1.82, 2.24) is 5.32 Å². The molecule has 0 aromatic heterocycles. The van der Waals surface area contributed by atoms with Crippen LogP contribution in [0.15, 0.2) is 0 Å². The lowest BCUT2D eigenvalue weighted by Crippen LogP contribution is -2.52. The Bertz CT molecular complexity index is 556. The average molecular weight is 344 g/mol. The third-order valence-electron chi connectivity index (χ3n) is 11.3. The number of nitrogens with one attached hydrogen (secondary N) is 1. The van der Waals surface area contributed by atoms with E-state index in [0.717, 1.165) is 52.4 Å². The minimum Gasteiger partial charge on any atom is -0.317 e. The van der Waals surface area contributed by atoms with Gasteiger partial charge in [0.15, 0.2) is 0 Å². The van der Waals surface area contributed by atoms with Crippen LogP contribution in [0, 0.1) is 51.8 Å². The summed E-state index contributed by atoms with van der Waals surface area (Å²) in [6.07, 6.45) is 13.8. The van der Waals surface area contributed by atoms with E-state index in [0.29, 0.717) is 5.41 Å². The maximum Gasteiger partial charge on any atom is 0.00927 e. The molecule has 0 heterocycles. The van der Waals surface area contributed by atoms with Gasteiger partial charge in [0.05, 0.1) is 0 Å². The van der Waals surface area contributed by atoms with Gasteiger partial charge >= 0.3 is 0 Å². The van der Waals surface area contributed by atoms with Gasteiger partial charge in [-0.15, -0.1) is 0 Å². The fraction of sp³-hybridized carbons (Fsp3) is 1.00. The van der Waals surface area contributed by atoms with Crippen molar-refractivity contribution in [2.45, 2.75) is 91.5 Å². The van der Waals surface area contributed by atoms with Crippen molar-refractivity contribution in [3.63, 3.8) is 0 Å². The van der Waals surface area contributed by atoms with E-state index in [9.17, 15) is 0 Å². The predicted octanol–water partition coefficient (Wildman–Crippen LogP) is 5.89. The van der Waals surface area contributed by atoms with Gasteiger partial charge in [0, 0.05) is 6.04 Å². The van der Waals surface area contributed by atoms with Crippen molar-refractivity contribution in [2.75, 3.05) is 7.05 Å². The van der Waals surface area contributed by atoms with Crippen molar-refractivity contribution in [2.24, 2.45) is 51.8 Å². The normalized spacial score (nSPS) is 62.5. The fourth-order valence-corrected chi connectivity index (χ4v) is 10.3. The molecule has 0 aliphatic heterocycles. The van der Waals surface area contributed by atoms with E-state index < -0.39 is 0 Å². The Morgan fingerprint density at radius 3 is 2.36 bits per heavy atom. The Labute approximate surface area is 156 Å². The van der Waals surface area contributed by atoms with Gasteiger partial charge in [-0.3, -0.25) is 0 Å². The zero-order chi connectivity index (χ0) is 17.6. The van der Waals surface area contributed by atoms with Crippen LogP contribution in [-0.4, -0.2) is 13.1 Å². The van der Waals surface area contributed by atoms with Crippen molar-refractivity contribution in [3.8, 4) is 0 Å². The Morgan fingerprint density at radius 2 is 1.64 bits per heavy atom. The van der Waals surface area contributed by atoms with Crippen molar-refractivity contribution >= 4 is 0 Å². The molecule has 10 unspecified atom stereocenters. The van der Waals surface area contributed by atoms with Gasteiger partial charge < -0.3 is 5.32 Å². The standard InChI is InChI=1S/C24H41N/c1-6-17-15(2)13-20-19-8-7-18-16(3)21(25-5)9-10-23(18)14-24(19,23)12-11-22(17,20)4/h15-21,25H,6-14H2,1-5H3. The minimum atomic E-state index is 0.675. The van der Waals surface area contributed by atoms with E-state index >= 15 is 0 Å². The summed E-state index contributed by atoms with van der Waals surface area (Å²) in [7, 11) is 2.20. The van der Waals surface area contributed by atoms with Gasteiger partial charge in [-0.05, 0) is 110 Å². The molecule has 0 bridgehead atoms. The second-order valence-electron chi connectivity index (χ2n) is 11.4. The SMILES string of the molecule is CCC1C(C)CC2C3CCC4C(C)C(NC)CCC45CC35CCC12C. The number of hydrogen-bond donors (Lipinski definition) is 1. The largest absolute Gasteiger partial charge is 0.317 e. The first-order valence-electron chi connectivity index (χ1n) is 11.6. The highest BCUT2D eigenvalue weighted by molar-refractivity contribution is 5.27. The van der Waals surface area contributed by atoms with Crippen LogP contribution < -0.4 is 5.32 Å². The highest BCUT2D eigenvalue weighted by Crippen LogP contribution is 2.86. The second kappa shape index (κ2) is 5.27. The summed E-state index contributed by atoms with van der Waals surface area (Å²) in [5, 5.41) is 3.65. The van der Waals surface area contributed by atoms with Gasteiger partial charge in [0.1, 0.15) is 0 Å². The van der Waals surface area contributed by atoms with Gasteiger partial charge in [-0.1, -0.05) is 34.1 Å². The van der Waals surface area contributed by atoms with Crippen LogP contribution >= 0.6 is 0 Å². The van der Waals surface area contributed by atoms with Gasteiger partial charge in [-0.2, -0.15) is 0 Å². The molecule has 5 saturated carbocycles. The summed E-state index contributed by atoms with van der Waals surface area (Å²) in [6.45, 7) is 10.3. The molecule has 5 fully saturated rings. The van der Waals surface area contributed by atoms with E-state index in [1.165, 1.54) is 12.8 Å². The highest BCUT2D eigenvalue weighted by Gasteiger charge is 2.78. The van der Waals surface area contributed by atoms with Crippen LogP contribution in [0.3, 0.4) is 0 Å².